The number of nitrogens with zero attached hydrogens (tertiary/aromatic N) is 5. The van der Waals surface area contributed by atoms with Crippen molar-refractivity contribution in [2.45, 2.75) is 34.2 Å². The molecule has 32 heavy (non-hydrogen) atoms. The van der Waals surface area contributed by atoms with Crippen LogP contribution in [0.3, 0.4) is 0 Å². The number of likely N-dealkylation sites (N-methyl/N-ethyl adjacent to an activating group) is 1. The first kappa shape index (κ1) is 23.7. The fourth-order valence-corrected chi connectivity index (χ4v) is 4.86. The Hall–Kier alpha value is -2.95. The molecule has 0 atom stereocenters. The average molecular weight is 464 g/mol. The lowest BCUT2D eigenvalue weighted by molar-refractivity contribution is -0.131. The van der Waals surface area contributed by atoms with Gasteiger partial charge in [-0.15, -0.1) is 11.3 Å². The second kappa shape index (κ2) is 10.1. The molecule has 0 saturated carbocycles. The van der Waals surface area contributed by atoms with E-state index in [9.17, 15) is 19.2 Å². The lowest BCUT2D eigenvalue weighted by Gasteiger charge is -2.33. The highest BCUT2D eigenvalue weighted by Crippen LogP contribution is 2.28. The van der Waals surface area contributed by atoms with Crippen molar-refractivity contribution in [3.8, 4) is 0 Å². The largest absolute Gasteiger partial charge is 0.450 e. The average Bonchev–Trinajstić information content (AvgIpc) is 3.13. The summed E-state index contributed by atoms with van der Waals surface area (Å²) in [5.74, 6) is -0.332. The topological polar surface area (TPSA) is 105 Å². The maximum Gasteiger partial charge on any atom is 0.409 e. The number of fused-ring (bicyclic) bond motifs is 1. The van der Waals surface area contributed by atoms with Gasteiger partial charge < -0.3 is 19.4 Å². The molecule has 0 N–H and O–H groups in total. The van der Waals surface area contributed by atoms with E-state index in [0.717, 1.165) is 0 Å². The fourth-order valence-electron chi connectivity index (χ4n) is 3.75. The first-order valence-electron chi connectivity index (χ1n) is 10.8. The molecular formula is C21H29N5O5S. The van der Waals surface area contributed by atoms with Gasteiger partial charge >= 0.3 is 6.09 Å². The van der Waals surface area contributed by atoms with Crippen LogP contribution in [-0.2, 0) is 16.1 Å². The first-order chi connectivity index (χ1) is 15.3. The molecule has 1 aliphatic heterocycles. The summed E-state index contributed by atoms with van der Waals surface area (Å²) in [4.78, 5) is 60.7. The molecule has 174 valence electrons. The van der Waals surface area contributed by atoms with Gasteiger partial charge in [-0.1, -0.05) is 0 Å². The third-order valence-corrected chi connectivity index (χ3v) is 6.81. The summed E-state index contributed by atoms with van der Waals surface area (Å²) in [6, 6.07) is 0. The van der Waals surface area contributed by atoms with Gasteiger partial charge in [0.2, 0.25) is 5.91 Å². The second-order valence-corrected chi connectivity index (χ2v) is 8.46. The van der Waals surface area contributed by atoms with Crippen LogP contribution in [0.15, 0.2) is 11.1 Å². The molecule has 1 aliphatic rings. The summed E-state index contributed by atoms with van der Waals surface area (Å²) in [5.41, 5.74) is 0.250. The van der Waals surface area contributed by atoms with Gasteiger partial charge in [0.15, 0.2) is 0 Å². The maximum atomic E-state index is 13.1. The molecule has 1 fully saturated rings. The Morgan fingerprint density at radius 2 is 1.72 bits per heavy atom. The highest BCUT2D eigenvalue weighted by Gasteiger charge is 2.28. The third kappa shape index (κ3) is 4.62. The van der Waals surface area contributed by atoms with E-state index in [2.05, 4.69) is 4.98 Å². The fraction of sp³-hybridized carbons (Fsp3) is 0.571. The molecule has 11 heteroatoms. The van der Waals surface area contributed by atoms with Crippen LogP contribution in [0.4, 0.5) is 4.79 Å². The molecule has 0 aromatic carbocycles. The van der Waals surface area contributed by atoms with E-state index in [-0.39, 0.29) is 30.0 Å². The van der Waals surface area contributed by atoms with Gasteiger partial charge in [0.05, 0.1) is 23.2 Å². The number of hydrogen-bond donors (Lipinski definition) is 0. The summed E-state index contributed by atoms with van der Waals surface area (Å²) in [5, 5.41) is 0.373. The molecule has 3 amide bonds. The minimum absolute atomic E-state index is 0.0855. The van der Waals surface area contributed by atoms with Crippen LogP contribution in [0.2, 0.25) is 0 Å². The van der Waals surface area contributed by atoms with Gasteiger partial charge in [0.1, 0.15) is 11.4 Å². The number of aryl methyl sites for hydroxylation is 1. The molecule has 0 spiro atoms. The van der Waals surface area contributed by atoms with Crippen molar-refractivity contribution in [3.05, 3.63) is 27.1 Å². The number of ether oxygens (including phenoxy) is 1. The molecule has 3 heterocycles. The zero-order valence-electron chi connectivity index (χ0n) is 18.9. The second-order valence-electron chi connectivity index (χ2n) is 7.46. The third-order valence-electron chi connectivity index (χ3n) is 5.63. The van der Waals surface area contributed by atoms with Crippen LogP contribution in [0.25, 0.3) is 10.2 Å². The Labute approximate surface area is 190 Å². The Bertz CT molecular complexity index is 1070. The summed E-state index contributed by atoms with van der Waals surface area (Å²) < 4.78 is 6.32. The SMILES string of the molecule is CCOC(=O)N1CCN(C(=O)c2sc3ncn(CC(=O)N(CC)CC)c(=O)c3c2C)CC1. The highest BCUT2D eigenvalue weighted by atomic mass is 32.1. The highest BCUT2D eigenvalue weighted by molar-refractivity contribution is 7.20. The summed E-state index contributed by atoms with van der Waals surface area (Å²) >= 11 is 1.18. The van der Waals surface area contributed by atoms with E-state index >= 15 is 0 Å². The Kier molecular flexibility index (Phi) is 7.49. The number of piperazine rings is 1. The predicted molar refractivity (Wildman–Crippen MR) is 121 cm³/mol. The van der Waals surface area contributed by atoms with Crippen molar-refractivity contribution in [3.63, 3.8) is 0 Å². The normalized spacial score (nSPS) is 14.0. The summed E-state index contributed by atoms with van der Waals surface area (Å²) in [6.07, 6.45) is 0.996. The quantitative estimate of drug-likeness (QED) is 0.644. The van der Waals surface area contributed by atoms with E-state index < -0.39 is 0 Å². The number of carbonyl (C=O) groups is 3. The molecular weight excluding hydrogens is 434 g/mol. The molecule has 1 saturated heterocycles. The van der Waals surface area contributed by atoms with Gasteiger partial charge in [0.25, 0.3) is 11.5 Å². The monoisotopic (exact) mass is 463 g/mol. The van der Waals surface area contributed by atoms with Crippen LogP contribution >= 0.6 is 11.3 Å². The summed E-state index contributed by atoms with van der Waals surface area (Å²) in [7, 11) is 0. The van der Waals surface area contributed by atoms with E-state index in [0.29, 0.717) is 66.5 Å². The minimum atomic E-state index is -0.373. The Balaban J connectivity index is 1.80. The zero-order chi connectivity index (χ0) is 23.4. The Morgan fingerprint density at radius 1 is 1.09 bits per heavy atom. The molecule has 0 radical (unpaired) electrons. The van der Waals surface area contributed by atoms with Gasteiger partial charge in [-0.05, 0) is 33.3 Å². The van der Waals surface area contributed by atoms with Crippen molar-refractivity contribution >= 4 is 39.5 Å². The number of thiophene rings is 1. The number of aromatic nitrogens is 2. The molecule has 2 aromatic heterocycles. The molecule has 0 aliphatic carbocycles. The predicted octanol–water partition coefficient (Wildman–Crippen LogP) is 1.55. The van der Waals surface area contributed by atoms with Crippen LogP contribution in [0, 0.1) is 6.92 Å². The number of carbonyl (C=O) groups excluding carboxylic acids is 3. The standard InChI is InChI=1S/C21H29N5O5S/c1-5-23(6-2)15(27)12-26-13-22-18-16(19(26)28)14(4)17(32-18)20(29)24-8-10-25(11-9-24)21(30)31-7-3/h13H,5-12H2,1-4H3. The van der Waals surface area contributed by atoms with Crippen molar-refractivity contribution in [2.75, 3.05) is 45.9 Å². The molecule has 3 rings (SSSR count). The van der Waals surface area contributed by atoms with Crippen LogP contribution in [0.5, 0.6) is 0 Å². The smallest absolute Gasteiger partial charge is 0.409 e. The van der Waals surface area contributed by atoms with Crippen molar-refractivity contribution in [1.82, 2.24) is 24.3 Å². The van der Waals surface area contributed by atoms with Gasteiger partial charge in [-0.3, -0.25) is 19.0 Å². The van der Waals surface area contributed by atoms with E-state index in [1.807, 2.05) is 13.8 Å². The molecule has 0 bridgehead atoms. The van der Waals surface area contributed by atoms with Crippen molar-refractivity contribution < 1.29 is 19.1 Å². The lowest BCUT2D eigenvalue weighted by atomic mass is 10.2. The number of hydrogen-bond acceptors (Lipinski definition) is 7. The molecule has 10 nitrogen and oxygen atoms in total. The van der Waals surface area contributed by atoms with E-state index in [1.54, 1.807) is 28.5 Å². The van der Waals surface area contributed by atoms with E-state index in [1.165, 1.54) is 22.2 Å². The Morgan fingerprint density at radius 3 is 2.31 bits per heavy atom. The van der Waals surface area contributed by atoms with E-state index in [4.69, 9.17) is 4.74 Å². The van der Waals surface area contributed by atoms with Crippen LogP contribution in [0.1, 0.15) is 36.0 Å². The molecule has 2 aromatic rings. The zero-order valence-corrected chi connectivity index (χ0v) is 19.7. The van der Waals surface area contributed by atoms with Gasteiger partial charge in [0, 0.05) is 39.3 Å². The lowest BCUT2D eigenvalue weighted by Crippen LogP contribution is -2.50. The maximum absolute atomic E-state index is 13.1. The van der Waals surface area contributed by atoms with Crippen molar-refractivity contribution in [1.29, 1.82) is 0 Å². The van der Waals surface area contributed by atoms with Gasteiger partial charge in [-0.2, -0.15) is 0 Å². The first-order valence-corrected chi connectivity index (χ1v) is 11.6. The number of rotatable bonds is 6. The minimum Gasteiger partial charge on any atom is -0.450 e. The van der Waals surface area contributed by atoms with Gasteiger partial charge in [-0.25, -0.2) is 9.78 Å². The summed E-state index contributed by atoms with van der Waals surface area (Å²) in [6.45, 7) is 10.2. The molecule has 0 unspecified atom stereocenters. The van der Waals surface area contributed by atoms with Crippen LogP contribution in [-0.4, -0.2) is 88.0 Å². The van der Waals surface area contributed by atoms with Crippen molar-refractivity contribution in [2.24, 2.45) is 0 Å². The van der Waals surface area contributed by atoms with Crippen LogP contribution < -0.4 is 5.56 Å². The number of amides is 3.